The first-order valence-electron chi connectivity index (χ1n) is 7.40. The third kappa shape index (κ3) is 5.13. The Labute approximate surface area is 117 Å². The molecule has 0 aromatic rings. The predicted octanol–water partition coefficient (Wildman–Crippen LogP) is 2.10. The molecule has 1 amide bonds. The van der Waals surface area contributed by atoms with E-state index >= 15 is 0 Å². The minimum Gasteiger partial charge on any atom is -0.343 e. The van der Waals surface area contributed by atoms with Gasteiger partial charge in [0.1, 0.15) is 0 Å². The Bertz CT molecular complexity index is 387. The second-order valence-corrected chi connectivity index (χ2v) is 7.82. The molecule has 1 aliphatic heterocycles. The Morgan fingerprint density at radius 3 is 2.32 bits per heavy atom. The van der Waals surface area contributed by atoms with Crippen LogP contribution in [0.15, 0.2) is 0 Å². The van der Waals surface area contributed by atoms with Gasteiger partial charge in [-0.25, -0.2) is 8.42 Å². The first-order valence-corrected chi connectivity index (χ1v) is 9.22. The van der Waals surface area contributed by atoms with Crippen molar-refractivity contribution >= 4 is 15.7 Å². The highest BCUT2D eigenvalue weighted by molar-refractivity contribution is 7.91. The Hall–Kier alpha value is -0.580. The van der Waals surface area contributed by atoms with E-state index in [1.165, 1.54) is 0 Å². The Balaban J connectivity index is 2.50. The average molecular weight is 289 g/mol. The topological polar surface area (TPSA) is 54.5 Å². The summed E-state index contributed by atoms with van der Waals surface area (Å²) < 4.78 is 22.8. The molecule has 0 aliphatic carbocycles. The summed E-state index contributed by atoms with van der Waals surface area (Å²) >= 11 is 0. The van der Waals surface area contributed by atoms with Crippen molar-refractivity contribution < 1.29 is 13.2 Å². The normalized spacial score (nSPS) is 21.8. The molecule has 0 saturated carbocycles. The second kappa shape index (κ2) is 7.27. The molecule has 4 nitrogen and oxygen atoms in total. The lowest BCUT2D eigenvalue weighted by atomic mass is 10.0. The summed E-state index contributed by atoms with van der Waals surface area (Å²) in [6, 6.07) is 0. The summed E-state index contributed by atoms with van der Waals surface area (Å²) in [5.41, 5.74) is 0. The fraction of sp³-hybridized carbons (Fsp3) is 0.929. The third-order valence-electron chi connectivity index (χ3n) is 4.16. The molecule has 0 aromatic carbocycles. The summed E-state index contributed by atoms with van der Waals surface area (Å²) in [7, 11) is -2.88. The highest BCUT2D eigenvalue weighted by Gasteiger charge is 2.30. The number of hydrogen-bond acceptors (Lipinski definition) is 3. The Kier molecular flexibility index (Phi) is 6.30. The van der Waals surface area contributed by atoms with Gasteiger partial charge >= 0.3 is 0 Å². The van der Waals surface area contributed by atoms with Crippen LogP contribution in [0.1, 0.15) is 46.5 Å². The van der Waals surface area contributed by atoms with Gasteiger partial charge in [0.2, 0.25) is 5.91 Å². The summed E-state index contributed by atoms with van der Waals surface area (Å²) in [5, 5.41) is 0. The molecular weight excluding hydrogens is 262 g/mol. The van der Waals surface area contributed by atoms with E-state index in [1.54, 1.807) is 0 Å². The molecule has 1 rings (SSSR count). The van der Waals surface area contributed by atoms with Gasteiger partial charge in [0, 0.05) is 19.5 Å². The summed E-state index contributed by atoms with van der Waals surface area (Å²) in [6.07, 6.45) is 3.21. The molecule has 1 heterocycles. The number of amides is 1. The van der Waals surface area contributed by atoms with Gasteiger partial charge < -0.3 is 4.90 Å². The van der Waals surface area contributed by atoms with Crippen LogP contribution in [0, 0.1) is 11.8 Å². The van der Waals surface area contributed by atoms with Crippen LogP contribution in [0.3, 0.4) is 0 Å². The number of sulfone groups is 1. The SMILES string of the molecule is CCC(CC)CN(CC)C(=O)CC1CCS(=O)(=O)C1. The van der Waals surface area contributed by atoms with Gasteiger partial charge in [0.25, 0.3) is 0 Å². The van der Waals surface area contributed by atoms with Gasteiger partial charge in [0.15, 0.2) is 9.84 Å². The molecule has 1 aliphatic rings. The second-order valence-electron chi connectivity index (χ2n) is 5.59. The highest BCUT2D eigenvalue weighted by Crippen LogP contribution is 2.23. The van der Waals surface area contributed by atoms with E-state index < -0.39 is 9.84 Å². The van der Waals surface area contributed by atoms with Crippen molar-refractivity contribution in [3.05, 3.63) is 0 Å². The van der Waals surface area contributed by atoms with E-state index in [-0.39, 0.29) is 23.3 Å². The maximum Gasteiger partial charge on any atom is 0.222 e. The molecular formula is C14H27NO3S. The van der Waals surface area contributed by atoms with E-state index in [4.69, 9.17) is 0 Å². The molecule has 0 bridgehead atoms. The maximum absolute atomic E-state index is 12.2. The number of nitrogens with zero attached hydrogens (tertiary/aromatic N) is 1. The molecule has 19 heavy (non-hydrogen) atoms. The van der Waals surface area contributed by atoms with Crippen LogP contribution in [0.4, 0.5) is 0 Å². The van der Waals surface area contributed by atoms with E-state index in [0.29, 0.717) is 18.8 Å². The van der Waals surface area contributed by atoms with Crippen LogP contribution >= 0.6 is 0 Å². The van der Waals surface area contributed by atoms with Crippen molar-refractivity contribution in [1.82, 2.24) is 4.90 Å². The zero-order chi connectivity index (χ0) is 14.5. The van der Waals surface area contributed by atoms with Gasteiger partial charge in [-0.15, -0.1) is 0 Å². The maximum atomic E-state index is 12.2. The molecule has 1 atom stereocenters. The first kappa shape index (κ1) is 16.5. The lowest BCUT2D eigenvalue weighted by molar-refractivity contribution is -0.132. The fourth-order valence-electron chi connectivity index (χ4n) is 2.67. The molecule has 5 heteroatoms. The average Bonchev–Trinajstić information content (AvgIpc) is 2.70. The van der Waals surface area contributed by atoms with Crippen LogP contribution in [0.2, 0.25) is 0 Å². The molecule has 1 unspecified atom stereocenters. The molecule has 0 radical (unpaired) electrons. The number of carbonyl (C=O) groups is 1. The molecule has 1 saturated heterocycles. The zero-order valence-electron chi connectivity index (χ0n) is 12.4. The molecule has 1 fully saturated rings. The van der Waals surface area contributed by atoms with Crippen molar-refractivity contribution in [3.63, 3.8) is 0 Å². The van der Waals surface area contributed by atoms with E-state index in [9.17, 15) is 13.2 Å². The van der Waals surface area contributed by atoms with E-state index in [1.807, 2.05) is 11.8 Å². The van der Waals surface area contributed by atoms with Crippen molar-refractivity contribution in [1.29, 1.82) is 0 Å². The van der Waals surface area contributed by atoms with Gasteiger partial charge in [0.05, 0.1) is 11.5 Å². The van der Waals surface area contributed by atoms with Gasteiger partial charge in [-0.05, 0) is 25.2 Å². The van der Waals surface area contributed by atoms with Gasteiger partial charge in [-0.1, -0.05) is 26.7 Å². The van der Waals surface area contributed by atoms with Crippen molar-refractivity contribution in [3.8, 4) is 0 Å². The molecule has 0 spiro atoms. The van der Waals surface area contributed by atoms with Crippen molar-refractivity contribution in [2.45, 2.75) is 46.5 Å². The molecule has 112 valence electrons. The van der Waals surface area contributed by atoms with E-state index in [2.05, 4.69) is 13.8 Å². The Morgan fingerprint density at radius 2 is 1.89 bits per heavy atom. The van der Waals surface area contributed by atoms with Gasteiger partial charge in [-0.3, -0.25) is 4.79 Å². The minimum absolute atomic E-state index is 0.0354. The quantitative estimate of drug-likeness (QED) is 0.721. The first-order chi connectivity index (χ1) is 8.91. The predicted molar refractivity (Wildman–Crippen MR) is 77.7 cm³/mol. The lowest BCUT2D eigenvalue weighted by Gasteiger charge is -2.26. The van der Waals surface area contributed by atoms with Crippen LogP contribution in [0.25, 0.3) is 0 Å². The number of rotatable bonds is 7. The fourth-order valence-corrected chi connectivity index (χ4v) is 4.54. The minimum atomic E-state index is -2.88. The largest absolute Gasteiger partial charge is 0.343 e. The number of carbonyl (C=O) groups excluding carboxylic acids is 1. The standard InChI is InChI=1S/C14H27NO3S/c1-4-12(5-2)10-15(6-3)14(16)9-13-7-8-19(17,18)11-13/h12-13H,4-11H2,1-3H3. The van der Waals surface area contributed by atoms with Crippen molar-refractivity contribution in [2.24, 2.45) is 11.8 Å². The smallest absolute Gasteiger partial charge is 0.222 e. The van der Waals surface area contributed by atoms with Gasteiger partial charge in [-0.2, -0.15) is 0 Å². The monoisotopic (exact) mass is 289 g/mol. The van der Waals surface area contributed by atoms with Crippen LogP contribution in [-0.4, -0.2) is 43.8 Å². The Morgan fingerprint density at radius 1 is 1.26 bits per heavy atom. The molecule has 0 N–H and O–H groups in total. The third-order valence-corrected chi connectivity index (χ3v) is 5.99. The van der Waals surface area contributed by atoms with Crippen LogP contribution < -0.4 is 0 Å². The highest BCUT2D eigenvalue weighted by atomic mass is 32.2. The summed E-state index contributed by atoms with van der Waals surface area (Å²) in [5.74, 6) is 1.16. The zero-order valence-corrected chi connectivity index (χ0v) is 13.2. The van der Waals surface area contributed by atoms with E-state index in [0.717, 1.165) is 25.9 Å². The van der Waals surface area contributed by atoms with Crippen LogP contribution in [-0.2, 0) is 14.6 Å². The summed E-state index contributed by atoms with van der Waals surface area (Å²) in [6.45, 7) is 7.81. The lowest BCUT2D eigenvalue weighted by Crippen LogP contribution is -2.36. The number of hydrogen-bond donors (Lipinski definition) is 0. The summed E-state index contributed by atoms with van der Waals surface area (Å²) in [4.78, 5) is 14.1. The van der Waals surface area contributed by atoms with Crippen molar-refractivity contribution in [2.75, 3.05) is 24.6 Å². The molecule has 0 aromatic heterocycles. The van der Waals surface area contributed by atoms with Crippen LogP contribution in [0.5, 0.6) is 0 Å².